The number of rotatable bonds is 5. The quantitative estimate of drug-likeness (QED) is 0.741. The average molecular weight is 302 g/mol. The van der Waals surface area contributed by atoms with Crippen LogP contribution >= 0.6 is 0 Å². The first-order chi connectivity index (χ1) is 9.28. The third kappa shape index (κ3) is 3.14. The minimum absolute atomic E-state index is 0.178. The lowest BCUT2D eigenvalue weighted by atomic mass is 10.3. The van der Waals surface area contributed by atoms with Crippen LogP contribution in [-0.2, 0) is 14.8 Å². The number of aliphatic hydroxyl groups excluding tert-OH is 1. The molecule has 0 saturated heterocycles. The predicted molar refractivity (Wildman–Crippen MR) is 70.1 cm³/mol. The van der Waals surface area contributed by atoms with Crippen molar-refractivity contribution in [1.82, 2.24) is 4.72 Å². The molecule has 1 aromatic carbocycles. The molecule has 0 radical (unpaired) electrons. The third-order valence-electron chi connectivity index (χ3n) is 3.05. The molecule has 1 amide bonds. The van der Waals surface area contributed by atoms with Gasteiger partial charge in [0.15, 0.2) is 0 Å². The van der Waals surface area contributed by atoms with Crippen molar-refractivity contribution < 1.29 is 22.7 Å². The summed E-state index contributed by atoms with van der Waals surface area (Å²) in [6.45, 7) is 0.944. The van der Waals surface area contributed by atoms with Crippen LogP contribution in [0.25, 0.3) is 0 Å². The molecular formula is C12H15FN2O4S. The molecule has 20 heavy (non-hydrogen) atoms. The molecule has 0 aliphatic heterocycles. The number of benzene rings is 1. The van der Waals surface area contributed by atoms with Gasteiger partial charge in [0, 0.05) is 12.6 Å². The lowest BCUT2D eigenvalue weighted by Crippen LogP contribution is -2.39. The lowest BCUT2D eigenvalue weighted by Gasteiger charge is -2.15. The van der Waals surface area contributed by atoms with Gasteiger partial charge in [0.2, 0.25) is 15.9 Å². The number of halogens is 1. The molecule has 0 unspecified atom stereocenters. The zero-order valence-corrected chi connectivity index (χ0v) is 11.6. The fraction of sp³-hybridized carbons (Fsp3) is 0.417. The van der Waals surface area contributed by atoms with Crippen LogP contribution in [0.2, 0.25) is 0 Å². The molecule has 110 valence electrons. The molecular weight excluding hydrogens is 287 g/mol. The van der Waals surface area contributed by atoms with Crippen LogP contribution in [0, 0.1) is 5.82 Å². The van der Waals surface area contributed by atoms with E-state index in [0.29, 0.717) is 12.8 Å². The molecule has 1 aliphatic rings. The zero-order valence-electron chi connectivity index (χ0n) is 10.8. The maximum absolute atomic E-state index is 13.9. The monoisotopic (exact) mass is 302 g/mol. The Kier molecular flexibility index (Phi) is 3.81. The van der Waals surface area contributed by atoms with Crippen molar-refractivity contribution in [2.24, 2.45) is 0 Å². The van der Waals surface area contributed by atoms with Crippen molar-refractivity contribution in [2.75, 3.05) is 11.9 Å². The smallest absolute Gasteiger partial charge is 0.244 e. The molecule has 0 atom stereocenters. The van der Waals surface area contributed by atoms with Gasteiger partial charge in [0.1, 0.15) is 10.7 Å². The Morgan fingerprint density at radius 3 is 2.55 bits per heavy atom. The van der Waals surface area contributed by atoms with Crippen molar-refractivity contribution in [3.05, 3.63) is 24.0 Å². The van der Waals surface area contributed by atoms with E-state index >= 15 is 0 Å². The van der Waals surface area contributed by atoms with Crippen LogP contribution in [0.3, 0.4) is 0 Å². The van der Waals surface area contributed by atoms with Gasteiger partial charge in [-0.15, -0.1) is 0 Å². The van der Waals surface area contributed by atoms with Crippen molar-refractivity contribution in [1.29, 1.82) is 0 Å². The summed E-state index contributed by atoms with van der Waals surface area (Å²) in [4.78, 5) is 10.3. The molecule has 6 nitrogen and oxygen atoms in total. The summed E-state index contributed by atoms with van der Waals surface area (Å²) in [6.07, 6.45) is 1.04. The first kappa shape index (κ1) is 14.9. The molecule has 3 N–H and O–H groups in total. The highest BCUT2D eigenvalue weighted by Gasteiger charge is 2.46. The van der Waals surface area contributed by atoms with Gasteiger partial charge < -0.3 is 10.4 Å². The second kappa shape index (κ2) is 5.12. The van der Waals surface area contributed by atoms with Gasteiger partial charge in [-0.1, -0.05) is 0 Å². The maximum atomic E-state index is 13.9. The van der Waals surface area contributed by atoms with Crippen LogP contribution in [0.1, 0.15) is 19.8 Å². The fourth-order valence-corrected chi connectivity index (χ4v) is 3.29. The van der Waals surface area contributed by atoms with E-state index in [-0.39, 0.29) is 18.2 Å². The normalized spacial score (nSPS) is 16.8. The van der Waals surface area contributed by atoms with E-state index in [4.69, 9.17) is 5.11 Å². The van der Waals surface area contributed by atoms with Crippen LogP contribution < -0.4 is 10.0 Å². The molecule has 1 saturated carbocycles. The number of carbonyl (C=O) groups is 1. The minimum Gasteiger partial charge on any atom is -0.394 e. The van der Waals surface area contributed by atoms with Gasteiger partial charge in [-0.2, -0.15) is 0 Å². The van der Waals surface area contributed by atoms with Crippen molar-refractivity contribution in [3.8, 4) is 0 Å². The maximum Gasteiger partial charge on any atom is 0.244 e. The second-order valence-corrected chi connectivity index (χ2v) is 6.52. The molecule has 1 aromatic rings. The first-order valence-electron chi connectivity index (χ1n) is 6.00. The van der Waals surface area contributed by atoms with Crippen LogP contribution in [0.15, 0.2) is 23.1 Å². The Labute approximate surface area is 116 Å². The number of sulfonamides is 1. The summed E-state index contributed by atoms with van der Waals surface area (Å²) in [7, 11) is -4.04. The lowest BCUT2D eigenvalue weighted by molar-refractivity contribution is -0.114. The fourth-order valence-electron chi connectivity index (χ4n) is 1.78. The molecule has 0 heterocycles. The van der Waals surface area contributed by atoms with Gasteiger partial charge >= 0.3 is 0 Å². The van der Waals surface area contributed by atoms with Gasteiger partial charge in [-0.3, -0.25) is 4.79 Å². The number of aliphatic hydroxyl groups is 1. The van der Waals surface area contributed by atoms with Crippen LogP contribution in [-0.4, -0.2) is 31.6 Å². The summed E-state index contributed by atoms with van der Waals surface area (Å²) in [5.74, 6) is -1.34. The zero-order chi connectivity index (χ0) is 15.0. The molecule has 0 bridgehead atoms. The highest BCUT2D eigenvalue weighted by Crippen LogP contribution is 2.36. The Hall–Kier alpha value is -1.51. The van der Waals surface area contributed by atoms with Crippen molar-refractivity contribution in [2.45, 2.75) is 30.2 Å². The topological polar surface area (TPSA) is 95.5 Å². The third-order valence-corrected chi connectivity index (χ3v) is 4.66. The molecule has 1 aliphatic carbocycles. The highest BCUT2D eigenvalue weighted by atomic mass is 32.2. The average Bonchev–Trinajstić information content (AvgIpc) is 3.07. The number of hydrogen-bond donors (Lipinski definition) is 3. The highest BCUT2D eigenvalue weighted by molar-refractivity contribution is 7.89. The molecule has 0 aromatic heterocycles. The Balaban J connectivity index is 2.26. The Morgan fingerprint density at radius 1 is 1.45 bits per heavy atom. The largest absolute Gasteiger partial charge is 0.394 e. The van der Waals surface area contributed by atoms with E-state index in [1.807, 2.05) is 0 Å². The second-order valence-electron chi connectivity index (χ2n) is 4.87. The van der Waals surface area contributed by atoms with E-state index in [0.717, 1.165) is 12.1 Å². The summed E-state index contributed by atoms with van der Waals surface area (Å²) in [5, 5.41) is 11.5. The minimum atomic E-state index is -4.04. The number of hydrogen-bond acceptors (Lipinski definition) is 4. The van der Waals surface area contributed by atoms with Gasteiger partial charge in [0.25, 0.3) is 0 Å². The summed E-state index contributed by atoms with van der Waals surface area (Å²) in [6, 6.07) is 3.32. The van der Waals surface area contributed by atoms with Crippen molar-refractivity contribution >= 4 is 21.6 Å². The van der Waals surface area contributed by atoms with Crippen LogP contribution in [0.4, 0.5) is 10.1 Å². The van der Waals surface area contributed by atoms with E-state index < -0.39 is 26.3 Å². The number of nitrogens with one attached hydrogen (secondary N) is 2. The SMILES string of the molecule is CC(=O)Nc1ccc(S(=O)(=O)NC2(CO)CC2)c(F)c1. The Morgan fingerprint density at radius 2 is 2.10 bits per heavy atom. The van der Waals surface area contributed by atoms with Crippen molar-refractivity contribution in [3.63, 3.8) is 0 Å². The van der Waals surface area contributed by atoms with E-state index in [9.17, 15) is 17.6 Å². The number of anilines is 1. The summed E-state index contributed by atoms with van der Waals surface area (Å²) < 4.78 is 40.3. The number of amides is 1. The Bertz CT molecular complexity index is 641. The molecule has 0 spiro atoms. The molecule has 1 fully saturated rings. The van der Waals surface area contributed by atoms with Crippen LogP contribution in [0.5, 0.6) is 0 Å². The first-order valence-corrected chi connectivity index (χ1v) is 7.48. The number of carbonyl (C=O) groups excluding carboxylic acids is 1. The van der Waals surface area contributed by atoms with E-state index in [1.165, 1.54) is 13.0 Å². The van der Waals surface area contributed by atoms with Gasteiger partial charge in [0.05, 0.1) is 12.1 Å². The predicted octanol–water partition coefficient (Wildman–Crippen LogP) is 0.587. The van der Waals surface area contributed by atoms with E-state index in [1.54, 1.807) is 0 Å². The summed E-state index contributed by atoms with van der Waals surface area (Å²) >= 11 is 0. The van der Waals surface area contributed by atoms with E-state index in [2.05, 4.69) is 10.0 Å². The van der Waals surface area contributed by atoms with Gasteiger partial charge in [-0.05, 0) is 31.0 Å². The molecule has 2 rings (SSSR count). The standard InChI is InChI=1S/C12H15FN2O4S/c1-8(17)14-9-2-3-11(10(13)6-9)20(18,19)15-12(7-16)4-5-12/h2-3,6,15-16H,4-5,7H2,1H3,(H,14,17). The molecule has 8 heteroatoms. The van der Waals surface area contributed by atoms with Gasteiger partial charge in [-0.25, -0.2) is 17.5 Å². The summed E-state index contributed by atoms with van der Waals surface area (Å²) in [5.41, 5.74) is -0.682.